The van der Waals surface area contributed by atoms with E-state index in [9.17, 15) is 39.6 Å². The summed E-state index contributed by atoms with van der Waals surface area (Å²) in [6, 6.07) is 8.74. The third kappa shape index (κ3) is 4.17. The molecule has 34 heavy (non-hydrogen) atoms. The molecule has 3 rings (SSSR count). The van der Waals surface area contributed by atoms with Gasteiger partial charge in [0.1, 0.15) is 5.60 Å². The van der Waals surface area contributed by atoms with Gasteiger partial charge in [-0.25, -0.2) is 19.2 Å². The fourth-order valence-corrected chi connectivity index (χ4v) is 10.9. The van der Waals surface area contributed by atoms with Crippen LogP contribution in [0.25, 0.3) is 0 Å². The number of carboxylic acids is 4. The number of carboxylic acid groups (broad SMARTS) is 4. The normalized spacial score (nSPS) is 18.1. The molecule has 2 aromatic carbocycles. The second-order valence-corrected chi connectivity index (χ2v) is 24.7. The van der Waals surface area contributed by atoms with Gasteiger partial charge in [0.25, 0.3) is 0 Å². The Morgan fingerprint density at radius 3 is 1.41 bits per heavy atom. The maximum Gasteiger partial charge on any atom is 0.336 e. The molecule has 11 heteroatoms. The molecule has 0 radical (unpaired) electrons. The minimum Gasteiger partial charge on any atom is -0.478 e. The third-order valence-electron chi connectivity index (χ3n) is 7.05. The zero-order chi connectivity index (χ0) is 25.6. The highest BCUT2D eigenvalue weighted by Crippen LogP contribution is 2.49. The Morgan fingerprint density at radius 1 is 0.706 bits per heavy atom. The van der Waals surface area contributed by atoms with Gasteiger partial charge in [0.15, 0.2) is 7.83 Å². The molecule has 180 valence electrons. The highest BCUT2D eigenvalue weighted by Gasteiger charge is 2.54. The number of benzene rings is 2. The average Bonchev–Trinajstić information content (AvgIpc) is 2.74. The van der Waals surface area contributed by atoms with E-state index < -0.39 is 56.0 Å². The van der Waals surface area contributed by atoms with Gasteiger partial charge in [0.2, 0.25) is 0 Å². The van der Waals surface area contributed by atoms with Gasteiger partial charge in [-0.05, 0) is 54.9 Å². The second-order valence-electron chi connectivity index (χ2n) is 9.56. The molecular formula is C23H26O9Si2. The van der Waals surface area contributed by atoms with E-state index in [0.29, 0.717) is 17.5 Å². The summed E-state index contributed by atoms with van der Waals surface area (Å²) in [5.41, 5.74) is -2.04. The molecule has 0 unspecified atom stereocenters. The Labute approximate surface area is 197 Å². The molecule has 1 fully saturated rings. The van der Waals surface area contributed by atoms with Gasteiger partial charge >= 0.3 is 23.9 Å². The van der Waals surface area contributed by atoms with Crippen LogP contribution in [0.4, 0.5) is 0 Å². The van der Waals surface area contributed by atoms with Crippen molar-refractivity contribution in [2.24, 2.45) is 0 Å². The maximum absolute atomic E-state index is 11.9. The Morgan fingerprint density at radius 2 is 1.09 bits per heavy atom. The van der Waals surface area contributed by atoms with Crippen molar-refractivity contribution in [2.45, 2.75) is 44.3 Å². The molecule has 1 saturated heterocycles. The van der Waals surface area contributed by atoms with E-state index >= 15 is 0 Å². The number of carbonyl (C=O) groups is 4. The van der Waals surface area contributed by atoms with Crippen LogP contribution in [0.15, 0.2) is 36.4 Å². The first-order valence-electron chi connectivity index (χ1n) is 10.6. The molecule has 0 saturated carbocycles. The van der Waals surface area contributed by atoms with E-state index in [1.165, 1.54) is 36.4 Å². The standard InChI is InChI=1S/C23H26O9Si2/c1-33(2)10-9-23(32-34(33,3)4,13-5-7-15(19(24)25)17(11-13)21(28)29)14-6-8-16(20(26)27)18(12-14)22(30)31/h5-8,11-12H,9-10H2,1-4H3,(H,24,25)(H,26,27)(H,28,29)(H,30,31). The van der Waals surface area contributed by atoms with Crippen molar-refractivity contribution in [3.05, 3.63) is 69.8 Å². The quantitative estimate of drug-likeness (QED) is 0.426. The summed E-state index contributed by atoms with van der Waals surface area (Å²) in [7, 11) is -4.17. The molecule has 1 heterocycles. The predicted octanol–water partition coefficient (Wildman–Crippen LogP) is 4.14. The van der Waals surface area contributed by atoms with Crippen molar-refractivity contribution in [3.63, 3.8) is 0 Å². The lowest BCUT2D eigenvalue weighted by Crippen LogP contribution is -2.64. The fraction of sp³-hybridized carbons (Fsp3) is 0.304. The van der Waals surface area contributed by atoms with E-state index in [2.05, 4.69) is 26.2 Å². The number of hydrogen-bond donors (Lipinski definition) is 4. The van der Waals surface area contributed by atoms with Crippen LogP contribution in [0.5, 0.6) is 0 Å². The molecule has 0 aliphatic carbocycles. The van der Waals surface area contributed by atoms with E-state index in [0.717, 1.165) is 6.04 Å². The molecule has 1 aliphatic rings. The van der Waals surface area contributed by atoms with Crippen molar-refractivity contribution < 1.29 is 44.0 Å². The number of hydrogen-bond acceptors (Lipinski definition) is 5. The summed E-state index contributed by atoms with van der Waals surface area (Å²) in [6.07, 6.45) is 0.416. The smallest absolute Gasteiger partial charge is 0.336 e. The van der Waals surface area contributed by atoms with Crippen molar-refractivity contribution in [1.82, 2.24) is 0 Å². The lowest BCUT2D eigenvalue weighted by atomic mass is 9.81. The molecule has 9 nitrogen and oxygen atoms in total. The number of aromatic carboxylic acids is 4. The number of rotatable bonds is 6. The van der Waals surface area contributed by atoms with E-state index in [4.69, 9.17) is 4.43 Å². The molecule has 4 N–H and O–H groups in total. The Hall–Kier alpha value is -3.29. The monoisotopic (exact) mass is 502 g/mol. The maximum atomic E-state index is 11.9. The van der Waals surface area contributed by atoms with Crippen molar-refractivity contribution in [3.8, 4) is 0 Å². The van der Waals surface area contributed by atoms with Gasteiger partial charge in [0.05, 0.1) is 29.8 Å². The zero-order valence-electron chi connectivity index (χ0n) is 19.2. The van der Waals surface area contributed by atoms with E-state index in [-0.39, 0.29) is 11.1 Å². The van der Waals surface area contributed by atoms with Crippen LogP contribution in [0.2, 0.25) is 32.2 Å². The molecule has 0 bridgehead atoms. The van der Waals surface area contributed by atoms with Gasteiger partial charge in [-0.15, -0.1) is 0 Å². The van der Waals surface area contributed by atoms with Crippen molar-refractivity contribution in [2.75, 3.05) is 0 Å². The topological polar surface area (TPSA) is 158 Å². The summed E-state index contributed by atoms with van der Waals surface area (Å²) in [5, 5.41) is 38.2. The average molecular weight is 503 g/mol. The third-order valence-corrected chi connectivity index (χ3v) is 23.5. The van der Waals surface area contributed by atoms with Crippen molar-refractivity contribution in [1.29, 1.82) is 0 Å². The van der Waals surface area contributed by atoms with Gasteiger partial charge in [-0.3, -0.25) is 0 Å². The highest BCUT2D eigenvalue weighted by atomic mass is 29.3. The first-order chi connectivity index (χ1) is 15.6. The Bertz CT molecular complexity index is 1140. The largest absolute Gasteiger partial charge is 0.478 e. The Balaban J connectivity index is 2.35. The molecule has 0 aromatic heterocycles. The zero-order valence-corrected chi connectivity index (χ0v) is 21.2. The summed E-state index contributed by atoms with van der Waals surface area (Å²) in [5.74, 6) is -5.60. The van der Waals surface area contributed by atoms with Crippen LogP contribution >= 0.6 is 0 Å². The Kier molecular flexibility index (Phi) is 6.33. The van der Waals surface area contributed by atoms with Crippen LogP contribution in [0, 0.1) is 0 Å². The first-order valence-corrected chi connectivity index (χ1v) is 17.7. The molecular weight excluding hydrogens is 476 g/mol. The van der Waals surface area contributed by atoms with Crippen LogP contribution in [0.1, 0.15) is 59.0 Å². The lowest BCUT2D eigenvalue weighted by molar-refractivity contribution is 0.0646. The summed E-state index contributed by atoms with van der Waals surface area (Å²) >= 11 is 0. The van der Waals surface area contributed by atoms with E-state index in [1.54, 1.807) is 0 Å². The summed E-state index contributed by atoms with van der Waals surface area (Å²) < 4.78 is 6.84. The van der Waals surface area contributed by atoms with Gasteiger partial charge in [-0.2, -0.15) is 0 Å². The van der Waals surface area contributed by atoms with Gasteiger partial charge in [-0.1, -0.05) is 31.3 Å². The van der Waals surface area contributed by atoms with Gasteiger partial charge in [0, 0.05) is 0 Å². The summed E-state index contributed by atoms with van der Waals surface area (Å²) in [6.45, 7) is 8.58. The molecule has 2 aromatic rings. The van der Waals surface area contributed by atoms with E-state index in [1.807, 2.05) is 0 Å². The SMILES string of the molecule is C[Si]1(C)CCC(c2ccc(C(=O)O)c(C(=O)O)c2)(c2ccc(C(=O)O)c(C(=O)O)c2)O[Si]1(C)C. The minimum atomic E-state index is -2.37. The first kappa shape index (κ1) is 25.3. The van der Waals surface area contributed by atoms with Crippen LogP contribution in [0.3, 0.4) is 0 Å². The molecule has 1 aliphatic heterocycles. The molecule has 0 spiro atoms. The van der Waals surface area contributed by atoms with Gasteiger partial charge < -0.3 is 24.9 Å². The van der Waals surface area contributed by atoms with Crippen molar-refractivity contribution >= 4 is 39.3 Å². The minimum absolute atomic E-state index is 0.374. The predicted molar refractivity (Wildman–Crippen MR) is 127 cm³/mol. The molecule has 0 atom stereocenters. The fourth-order valence-electron chi connectivity index (χ4n) is 4.31. The van der Waals surface area contributed by atoms with Crippen LogP contribution in [-0.2, 0) is 10.0 Å². The second kappa shape index (κ2) is 8.49. The van der Waals surface area contributed by atoms with Crippen LogP contribution in [-0.4, -0.2) is 59.7 Å². The summed E-state index contributed by atoms with van der Waals surface area (Å²) in [4.78, 5) is 46.9. The lowest BCUT2D eigenvalue weighted by Gasteiger charge is -2.52. The highest BCUT2D eigenvalue weighted by molar-refractivity contribution is 7.38. The molecule has 0 amide bonds. The van der Waals surface area contributed by atoms with Crippen LogP contribution < -0.4 is 0 Å².